The molecule has 2 fully saturated rings. The molecule has 2 aliphatic rings. The molecule has 0 aromatic carbocycles. The van der Waals surface area contributed by atoms with Gasteiger partial charge in [-0.3, -0.25) is 4.79 Å². The minimum Gasteiger partial charge on any atom is -0.481 e. The van der Waals surface area contributed by atoms with Crippen LogP contribution in [0, 0.1) is 5.92 Å². The van der Waals surface area contributed by atoms with E-state index in [9.17, 15) is 13.2 Å². The first-order valence-corrected chi connectivity index (χ1v) is 9.73. The summed E-state index contributed by atoms with van der Waals surface area (Å²) in [6.45, 7) is 0.569. The van der Waals surface area contributed by atoms with E-state index in [-0.39, 0.29) is 23.2 Å². The van der Waals surface area contributed by atoms with Crippen LogP contribution in [0.2, 0.25) is 0 Å². The van der Waals surface area contributed by atoms with E-state index in [1.54, 1.807) is 0 Å². The maximum Gasteiger partial charge on any atom is 0.313 e. The van der Waals surface area contributed by atoms with Crippen LogP contribution in [0.25, 0.3) is 0 Å². The molecule has 116 valence electrons. The summed E-state index contributed by atoms with van der Waals surface area (Å²) in [7, 11) is -2.91. The monoisotopic (exact) mass is 331 g/mol. The van der Waals surface area contributed by atoms with Gasteiger partial charge in [-0.05, 0) is 25.2 Å². The van der Waals surface area contributed by atoms with Crippen LogP contribution in [0.15, 0.2) is 5.16 Å². The van der Waals surface area contributed by atoms with Gasteiger partial charge in [0, 0.05) is 12.5 Å². The molecule has 1 atom stereocenters. The molecule has 21 heavy (non-hydrogen) atoms. The Kier molecular flexibility index (Phi) is 3.96. The van der Waals surface area contributed by atoms with Gasteiger partial charge in [-0.25, -0.2) is 8.42 Å². The van der Waals surface area contributed by atoms with Crippen molar-refractivity contribution in [1.29, 1.82) is 0 Å². The largest absolute Gasteiger partial charge is 0.481 e. The fraction of sp³-hybridized carbons (Fsp3) is 0.750. The van der Waals surface area contributed by atoms with Crippen molar-refractivity contribution < 1.29 is 18.3 Å². The van der Waals surface area contributed by atoms with Crippen LogP contribution < -0.4 is 0 Å². The van der Waals surface area contributed by atoms with Gasteiger partial charge in [0.05, 0.1) is 17.3 Å². The van der Waals surface area contributed by atoms with Crippen molar-refractivity contribution in [1.82, 2.24) is 14.8 Å². The summed E-state index contributed by atoms with van der Waals surface area (Å²) in [5.41, 5.74) is 0. The third-order valence-corrected chi connectivity index (χ3v) is 6.57. The zero-order valence-corrected chi connectivity index (χ0v) is 13.1. The third kappa shape index (κ3) is 3.57. The molecular formula is C12H17N3O4S2. The average molecular weight is 331 g/mol. The molecule has 2 heterocycles. The molecule has 1 saturated carbocycles. The first kappa shape index (κ1) is 14.8. The molecule has 0 spiro atoms. The van der Waals surface area contributed by atoms with E-state index in [1.807, 2.05) is 4.57 Å². The number of aliphatic carboxylic acids is 1. The number of aromatic nitrogens is 3. The van der Waals surface area contributed by atoms with Gasteiger partial charge in [-0.15, -0.1) is 10.2 Å². The molecular weight excluding hydrogens is 314 g/mol. The molecule has 7 nitrogen and oxygen atoms in total. The summed E-state index contributed by atoms with van der Waals surface area (Å²) in [5.74, 6) is 0.848. The zero-order valence-electron chi connectivity index (χ0n) is 11.4. The lowest BCUT2D eigenvalue weighted by atomic mass is 10.1. The molecule has 1 saturated heterocycles. The van der Waals surface area contributed by atoms with Crippen LogP contribution >= 0.6 is 11.8 Å². The van der Waals surface area contributed by atoms with Gasteiger partial charge in [-0.2, -0.15) is 0 Å². The summed E-state index contributed by atoms with van der Waals surface area (Å²) in [4.78, 5) is 10.7. The molecule has 1 aliphatic carbocycles. The van der Waals surface area contributed by atoms with Crippen LogP contribution in [0.4, 0.5) is 0 Å². The summed E-state index contributed by atoms with van der Waals surface area (Å²) >= 11 is 1.14. The standard InChI is InChI=1S/C12H17N3O4S2/c16-10(17)6-20-12-14-13-11(9-1-2-9)15(12)5-8-3-4-21(18,19)7-8/h8-9H,1-7H2,(H,16,17). The molecule has 0 bridgehead atoms. The van der Waals surface area contributed by atoms with E-state index in [0.29, 0.717) is 24.0 Å². The molecule has 1 aromatic heterocycles. The number of nitrogens with zero attached hydrogens (tertiary/aromatic N) is 3. The molecule has 3 rings (SSSR count). The lowest BCUT2D eigenvalue weighted by Crippen LogP contribution is -2.15. The summed E-state index contributed by atoms with van der Waals surface area (Å²) < 4.78 is 25.1. The summed E-state index contributed by atoms with van der Waals surface area (Å²) in [6, 6.07) is 0. The molecule has 0 amide bonds. The van der Waals surface area contributed by atoms with Gasteiger partial charge in [0.25, 0.3) is 0 Å². The Morgan fingerprint density at radius 3 is 2.67 bits per heavy atom. The maximum absolute atomic E-state index is 11.6. The van der Waals surface area contributed by atoms with Crippen molar-refractivity contribution in [2.24, 2.45) is 5.92 Å². The van der Waals surface area contributed by atoms with Crippen molar-refractivity contribution in [3.05, 3.63) is 5.82 Å². The number of thioether (sulfide) groups is 1. The number of hydrogen-bond donors (Lipinski definition) is 1. The van der Waals surface area contributed by atoms with E-state index in [2.05, 4.69) is 10.2 Å². The van der Waals surface area contributed by atoms with Crippen LogP contribution in [-0.4, -0.2) is 51.5 Å². The molecule has 1 N–H and O–H groups in total. The normalized spacial score (nSPS) is 24.3. The smallest absolute Gasteiger partial charge is 0.313 e. The van der Waals surface area contributed by atoms with Crippen LogP contribution in [0.3, 0.4) is 0 Å². The highest BCUT2D eigenvalue weighted by Gasteiger charge is 2.34. The van der Waals surface area contributed by atoms with Gasteiger partial charge in [0.1, 0.15) is 5.82 Å². The fourth-order valence-corrected chi connectivity index (χ4v) is 5.15. The molecule has 1 unspecified atom stereocenters. The second-order valence-electron chi connectivity index (χ2n) is 5.68. The number of hydrogen-bond acceptors (Lipinski definition) is 6. The lowest BCUT2D eigenvalue weighted by molar-refractivity contribution is -0.133. The Morgan fingerprint density at radius 1 is 1.33 bits per heavy atom. The van der Waals surface area contributed by atoms with E-state index < -0.39 is 15.8 Å². The highest BCUT2D eigenvalue weighted by Crippen LogP contribution is 2.40. The number of sulfone groups is 1. The predicted molar refractivity (Wildman–Crippen MR) is 77.1 cm³/mol. The van der Waals surface area contributed by atoms with E-state index in [1.165, 1.54) is 0 Å². The predicted octanol–water partition coefficient (Wildman–Crippen LogP) is 0.767. The second-order valence-corrected chi connectivity index (χ2v) is 8.85. The molecule has 0 radical (unpaired) electrons. The van der Waals surface area contributed by atoms with Crippen molar-refractivity contribution in [2.45, 2.75) is 36.9 Å². The highest BCUT2D eigenvalue weighted by atomic mass is 32.2. The van der Waals surface area contributed by atoms with Crippen molar-refractivity contribution in [3.63, 3.8) is 0 Å². The fourth-order valence-electron chi connectivity index (χ4n) is 2.62. The number of carboxylic acids is 1. The van der Waals surface area contributed by atoms with Gasteiger partial charge >= 0.3 is 5.97 Å². The van der Waals surface area contributed by atoms with E-state index in [4.69, 9.17) is 5.11 Å². The van der Waals surface area contributed by atoms with Gasteiger partial charge < -0.3 is 9.67 Å². The second kappa shape index (κ2) is 5.60. The van der Waals surface area contributed by atoms with Gasteiger partial charge in [0.15, 0.2) is 15.0 Å². The van der Waals surface area contributed by atoms with Crippen LogP contribution in [-0.2, 0) is 21.2 Å². The SMILES string of the molecule is O=C(O)CSc1nnc(C2CC2)n1CC1CCS(=O)(=O)C1. The molecule has 1 aliphatic heterocycles. The van der Waals surface area contributed by atoms with Gasteiger partial charge in [-0.1, -0.05) is 11.8 Å². The number of rotatable bonds is 6. The first-order chi connectivity index (χ1) is 9.94. The summed E-state index contributed by atoms with van der Waals surface area (Å²) in [6.07, 6.45) is 2.81. The van der Waals surface area contributed by atoms with Crippen LogP contribution in [0.1, 0.15) is 31.0 Å². The number of carbonyl (C=O) groups is 1. The highest BCUT2D eigenvalue weighted by molar-refractivity contribution is 7.99. The molecule has 1 aromatic rings. The van der Waals surface area contributed by atoms with E-state index >= 15 is 0 Å². The first-order valence-electron chi connectivity index (χ1n) is 6.93. The van der Waals surface area contributed by atoms with E-state index in [0.717, 1.165) is 30.4 Å². The summed E-state index contributed by atoms with van der Waals surface area (Å²) in [5, 5.41) is 17.7. The Labute approximate surface area is 127 Å². The maximum atomic E-state index is 11.6. The van der Waals surface area contributed by atoms with Crippen molar-refractivity contribution in [3.8, 4) is 0 Å². The Bertz CT molecular complexity index is 651. The number of carboxylic acid groups (broad SMARTS) is 1. The Hall–Kier alpha value is -1.09. The van der Waals surface area contributed by atoms with Crippen LogP contribution in [0.5, 0.6) is 0 Å². The Morgan fingerprint density at radius 2 is 2.10 bits per heavy atom. The lowest BCUT2D eigenvalue weighted by Gasteiger charge is -2.13. The Balaban J connectivity index is 1.77. The van der Waals surface area contributed by atoms with Crippen molar-refractivity contribution in [2.75, 3.05) is 17.3 Å². The molecule has 9 heteroatoms. The minimum atomic E-state index is -2.91. The average Bonchev–Trinajstić information content (AvgIpc) is 3.08. The topological polar surface area (TPSA) is 102 Å². The minimum absolute atomic E-state index is 0.0637. The van der Waals surface area contributed by atoms with Gasteiger partial charge in [0.2, 0.25) is 0 Å². The zero-order chi connectivity index (χ0) is 15.0. The van der Waals surface area contributed by atoms with Crippen molar-refractivity contribution >= 4 is 27.6 Å². The third-order valence-electron chi connectivity index (χ3n) is 3.78. The quantitative estimate of drug-likeness (QED) is 0.768.